The third-order valence-corrected chi connectivity index (χ3v) is 14.8. The van der Waals surface area contributed by atoms with Gasteiger partial charge in [-0.1, -0.05) is 22.3 Å². The van der Waals surface area contributed by atoms with Crippen molar-refractivity contribution in [1.82, 2.24) is 0 Å². The molecule has 0 fully saturated rings. The quantitative estimate of drug-likeness (QED) is 0.318. The number of halogens is 2. The predicted molar refractivity (Wildman–Crippen MR) is 105 cm³/mol. The highest BCUT2D eigenvalue weighted by atomic mass is 79.9. The predicted octanol–water partition coefficient (Wildman–Crippen LogP) is 7.33. The van der Waals surface area contributed by atoms with Gasteiger partial charge in [0.15, 0.2) is 0 Å². The Morgan fingerprint density at radius 2 is 0.714 bits per heavy atom. The van der Waals surface area contributed by atoms with Crippen LogP contribution in [0.25, 0.3) is 0 Å². The van der Waals surface area contributed by atoms with Gasteiger partial charge in [-0.25, -0.2) is 0 Å². The van der Waals surface area contributed by atoms with E-state index in [0.29, 0.717) is 11.1 Å². The molecule has 0 amide bonds. The molecule has 0 aromatic rings. The summed E-state index contributed by atoms with van der Waals surface area (Å²) in [5.74, 6) is 0. The first-order valence-electron chi connectivity index (χ1n) is 7.61. The van der Waals surface area contributed by atoms with E-state index in [-0.39, 0.29) is 0 Å². The van der Waals surface area contributed by atoms with Gasteiger partial charge >= 0.3 is 0 Å². The van der Waals surface area contributed by atoms with Crippen LogP contribution >= 0.6 is 30.6 Å². The first-order chi connectivity index (χ1) is 9.53. The van der Waals surface area contributed by atoms with Crippen LogP contribution in [0, 0.1) is 0 Å². The van der Waals surface area contributed by atoms with E-state index in [2.05, 4.69) is 86.0 Å². The third kappa shape index (κ3) is 2.44. The zero-order chi connectivity index (χ0) is 16.3. The molecule has 3 heteroatoms. The third-order valence-electron chi connectivity index (χ3n) is 5.99. The van der Waals surface area contributed by atoms with Crippen LogP contribution in [0.4, 0.5) is 0 Å². The van der Waals surface area contributed by atoms with Crippen molar-refractivity contribution >= 4 is 35.9 Å². The van der Waals surface area contributed by atoms with Crippen molar-refractivity contribution < 1.29 is 0 Å². The molecule has 0 aromatic carbocycles. The van der Waals surface area contributed by atoms with Crippen LogP contribution in [0.3, 0.4) is 0 Å². The second-order valence-electron chi connectivity index (χ2n) is 6.77. The molecule has 2 aliphatic rings. The van der Waals surface area contributed by atoms with Crippen molar-refractivity contribution in [3.8, 4) is 0 Å². The summed E-state index contributed by atoms with van der Waals surface area (Å²) in [7, 11) is 0. The largest absolute Gasteiger partial charge is 0.222 e. The molecule has 0 saturated carbocycles. The van der Waals surface area contributed by atoms with Gasteiger partial charge in [0.1, 0.15) is 0 Å². The van der Waals surface area contributed by atoms with Gasteiger partial charge in [0.05, 0.1) is 0 Å². The Morgan fingerprint density at radius 3 is 0.905 bits per heavy atom. The Labute approximate surface area is 146 Å². The van der Waals surface area contributed by atoms with Gasteiger partial charge in [0.2, 0.25) is 5.31 Å². The van der Waals surface area contributed by atoms with E-state index < -0.39 is 5.31 Å². The average molecular weight is 430 g/mol. The van der Waals surface area contributed by atoms with Gasteiger partial charge in [-0.05, 0) is 77.7 Å². The lowest BCUT2D eigenvalue weighted by Crippen LogP contribution is -2.33. The van der Waals surface area contributed by atoms with E-state index >= 15 is 0 Å². The van der Waals surface area contributed by atoms with Crippen LogP contribution < -0.4 is 0 Å². The summed E-state index contributed by atoms with van der Waals surface area (Å²) >= 11 is 8.45. The fourth-order valence-corrected chi connectivity index (χ4v) is 15.8. The van der Waals surface area contributed by atoms with Gasteiger partial charge in [-0.15, -0.1) is 30.6 Å². The monoisotopic (exact) mass is 428 g/mol. The molecule has 0 atom stereocenters. The van der Waals surface area contributed by atoms with Crippen molar-refractivity contribution in [3.05, 3.63) is 44.6 Å². The molecule has 0 nitrogen and oxygen atoms in total. The first kappa shape index (κ1) is 17.5. The van der Waals surface area contributed by atoms with Crippen LogP contribution in [0.2, 0.25) is 11.1 Å². The first-order valence-corrected chi connectivity index (χ1v) is 14.3. The molecule has 2 aliphatic carbocycles. The molecular weight excluding hydrogens is 404 g/mol. The minimum atomic E-state index is -1.86. The molecule has 21 heavy (non-hydrogen) atoms. The minimum Gasteiger partial charge on any atom is -0.109 e. The lowest BCUT2D eigenvalue weighted by Gasteiger charge is -2.35. The summed E-state index contributed by atoms with van der Waals surface area (Å²) in [6.07, 6.45) is 0. The lowest BCUT2D eigenvalue weighted by molar-refractivity contribution is 1.02. The SMILES string of the molecule is CC1=C(C)C([Si](Br)(Br)C2C(C)=C(C)C(C)=C2C)C(C)=C1C. The Morgan fingerprint density at radius 1 is 0.524 bits per heavy atom. The summed E-state index contributed by atoms with van der Waals surface area (Å²) < 4.78 is 0. The highest BCUT2D eigenvalue weighted by Crippen LogP contribution is 2.61. The molecule has 0 aromatic heterocycles. The molecule has 0 unspecified atom stereocenters. The normalized spacial score (nSPS) is 22.6. The Hall–Kier alpha value is 0.137. The van der Waals surface area contributed by atoms with Crippen LogP contribution in [-0.4, -0.2) is 5.31 Å². The fraction of sp³-hybridized carbons (Fsp3) is 0.556. The topological polar surface area (TPSA) is 0 Å². The molecular formula is C18H26Br2Si. The zero-order valence-corrected chi connectivity index (χ0v) is 18.6. The molecule has 0 saturated heterocycles. The molecule has 0 N–H and O–H groups in total. The van der Waals surface area contributed by atoms with Crippen molar-refractivity contribution in [2.24, 2.45) is 0 Å². The van der Waals surface area contributed by atoms with Gasteiger partial charge in [-0.2, -0.15) is 0 Å². The molecule has 0 aliphatic heterocycles. The second kappa shape index (κ2) is 5.65. The maximum atomic E-state index is 4.23. The smallest absolute Gasteiger partial charge is 0.109 e. The van der Waals surface area contributed by atoms with E-state index in [1.807, 2.05) is 0 Å². The van der Waals surface area contributed by atoms with E-state index in [1.54, 1.807) is 22.3 Å². The maximum Gasteiger partial charge on any atom is 0.222 e. The lowest BCUT2D eigenvalue weighted by atomic mass is 10.1. The molecule has 0 bridgehead atoms. The van der Waals surface area contributed by atoms with Crippen molar-refractivity contribution in [1.29, 1.82) is 0 Å². The summed E-state index contributed by atoms with van der Waals surface area (Å²) in [6.45, 7) is 18.4. The van der Waals surface area contributed by atoms with Crippen LogP contribution in [0.15, 0.2) is 44.6 Å². The van der Waals surface area contributed by atoms with Crippen LogP contribution in [0.5, 0.6) is 0 Å². The summed E-state index contributed by atoms with van der Waals surface area (Å²) in [4.78, 5) is 0. The van der Waals surface area contributed by atoms with E-state index in [9.17, 15) is 0 Å². The Bertz CT molecular complexity index is 528. The molecule has 0 radical (unpaired) electrons. The number of rotatable bonds is 2. The maximum absolute atomic E-state index is 4.23. The molecule has 2 rings (SSSR count). The average Bonchev–Trinajstić information content (AvgIpc) is 2.72. The second-order valence-corrected chi connectivity index (χ2v) is 20.3. The summed E-state index contributed by atoms with van der Waals surface area (Å²) in [5, 5.41) is -1.86. The van der Waals surface area contributed by atoms with E-state index in [1.165, 1.54) is 22.3 Å². The Kier molecular flexibility index (Phi) is 4.70. The molecule has 116 valence electrons. The fourth-order valence-electron chi connectivity index (χ4n) is 4.02. The van der Waals surface area contributed by atoms with Crippen molar-refractivity contribution in [2.45, 2.75) is 66.5 Å². The van der Waals surface area contributed by atoms with Crippen molar-refractivity contribution in [3.63, 3.8) is 0 Å². The number of allylic oxidation sites excluding steroid dienone is 8. The minimum absolute atomic E-state index is 0.547. The standard InChI is InChI=1S/C18H26Br2Si/c1-9-10(2)14(6)17(13(9)5)21(19,20)18-15(7)11(3)12(4)16(18)8/h17-18H,1-8H3. The van der Waals surface area contributed by atoms with Crippen LogP contribution in [-0.2, 0) is 0 Å². The van der Waals surface area contributed by atoms with Gasteiger partial charge in [-0.3, -0.25) is 0 Å². The van der Waals surface area contributed by atoms with Gasteiger partial charge < -0.3 is 0 Å². The van der Waals surface area contributed by atoms with Crippen molar-refractivity contribution in [2.75, 3.05) is 0 Å². The van der Waals surface area contributed by atoms with Crippen LogP contribution in [0.1, 0.15) is 55.4 Å². The van der Waals surface area contributed by atoms with E-state index in [0.717, 1.165) is 0 Å². The highest BCUT2D eigenvalue weighted by Gasteiger charge is 2.51. The summed E-state index contributed by atoms with van der Waals surface area (Å²) in [6, 6.07) is 0. The zero-order valence-electron chi connectivity index (χ0n) is 14.4. The molecule has 0 spiro atoms. The van der Waals surface area contributed by atoms with Gasteiger partial charge in [0.25, 0.3) is 0 Å². The summed E-state index contributed by atoms with van der Waals surface area (Å²) in [5.41, 5.74) is 13.2. The highest BCUT2D eigenvalue weighted by molar-refractivity contribution is 9.51. The molecule has 0 heterocycles. The Balaban J connectivity index is 2.56. The van der Waals surface area contributed by atoms with Gasteiger partial charge in [0, 0.05) is 11.1 Å². The van der Waals surface area contributed by atoms with E-state index in [4.69, 9.17) is 0 Å². The number of hydrogen-bond acceptors (Lipinski definition) is 0. The number of hydrogen-bond donors (Lipinski definition) is 0.